The maximum atomic E-state index is 14.1. The Morgan fingerprint density at radius 2 is 1.57 bits per heavy atom. The molecular formula is C29H33FN2O3. The van der Waals surface area contributed by atoms with E-state index >= 15 is 0 Å². The van der Waals surface area contributed by atoms with E-state index in [1.165, 1.54) is 17.0 Å². The number of benzene rings is 3. The van der Waals surface area contributed by atoms with Gasteiger partial charge in [-0.1, -0.05) is 86.1 Å². The molecule has 0 heterocycles. The summed E-state index contributed by atoms with van der Waals surface area (Å²) in [5.41, 5.74) is 2.93. The first kappa shape index (κ1) is 25.9. The summed E-state index contributed by atoms with van der Waals surface area (Å²) in [5, 5.41) is 2.98. The number of hydrogen-bond donors (Lipinski definition) is 1. The molecule has 3 aromatic carbocycles. The van der Waals surface area contributed by atoms with Gasteiger partial charge in [0.15, 0.2) is 18.2 Å². The van der Waals surface area contributed by atoms with E-state index in [1.807, 2.05) is 75.4 Å². The molecule has 5 nitrogen and oxygen atoms in total. The molecule has 0 aliphatic carbocycles. The number of carbonyl (C=O) groups is 2. The predicted octanol–water partition coefficient (Wildman–Crippen LogP) is 4.93. The quantitative estimate of drug-likeness (QED) is 0.427. The zero-order chi connectivity index (χ0) is 25.2. The van der Waals surface area contributed by atoms with E-state index in [2.05, 4.69) is 5.32 Å². The highest BCUT2D eigenvalue weighted by molar-refractivity contribution is 5.88. The highest BCUT2D eigenvalue weighted by Gasteiger charge is 2.30. The third-order valence-corrected chi connectivity index (χ3v) is 5.62. The Labute approximate surface area is 206 Å². The van der Waals surface area contributed by atoms with E-state index in [1.54, 1.807) is 12.1 Å². The monoisotopic (exact) mass is 476 g/mol. The number of para-hydroxylation sites is 1. The van der Waals surface area contributed by atoms with Crippen LogP contribution >= 0.6 is 0 Å². The molecule has 0 fully saturated rings. The molecule has 184 valence electrons. The Bertz CT molecular complexity index is 1100. The number of aryl methyl sites for hydroxylation is 1. The smallest absolute Gasteiger partial charge is 0.261 e. The molecule has 1 unspecified atom stereocenters. The second kappa shape index (κ2) is 12.7. The Hall–Kier alpha value is -3.67. The van der Waals surface area contributed by atoms with E-state index in [0.29, 0.717) is 13.0 Å². The van der Waals surface area contributed by atoms with Gasteiger partial charge in [-0.3, -0.25) is 9.59 Å². The fraction of sp³-hybridized carbons (Fsp3) is 0.310. The lowest BCUT2D eigenvalue weighted by Gasteiger charge is -2.31. The Kier molecular flexibility index (Phi) is 9.41. The summed E-state index contributed by atoms with van der Waals surface area (Å²) >= 11 is 0. The lowest BCUT2D eigenvalue weighted by Crippen LogP contribution is -2.52. The van der Waals surface area contributed by atoms with Gasteiger partial charge in [0.2, 0.25) is 5.91 Å². The molecule has 0 aromatic heterocycles. The molecule has 0 spiro atoms. The highest BCUT2D eigenvalue weighted by Crippen LogP contribution is 2.18. The molecular weight excluding hydrogens is 443 g/mol. The van der Waals surface area contributed by atoms with Gasteiger partial charge in [-0.15, -0.1) is 0 Å². The molecule has 0 saturated carbocycles. The number of rotatable bonds is 11. The molecule has 1 N–H and O–H groups in total. The van der Waals surface area contributed by atoms with Crippen molar-refractivity contribution in [3.8, 4) is 5.75 Å². The van der Waals surface area contributed by atoms with Crippen molar-refractivity contribution in [3.05, 3.63) is 101 Å². The SMILES string of the molecule is Cc1ccc(CN(C(=O)COc2ccccc2F)C(Cc2ccccc2)C(=O)NCC(C)C)cc1. The molecule has 0 radical (unpaired) electrons. The van der Waals surface area contributed by atoms with Crippen LogP contribution in [0.1, 0.15) is 30.5 Å². The molecule has 0 saturated heterocycles. The summed E-state index contributed by atoms with van der Waals surface area (Å²) in [6.45, 7) is 6.38. The fourth-order valence-corrected chi connectivity index (χ4v) is 3.65. The molecule has 3 rings (SSSR count). The summed E-state index contributed by atoms with van der Waals surface area (Å²) < 4.78 is 19.6. The van der Waals surface area contributed by atoms with Gasteiger partial charge < -0.3 is 15.0 Å². The van der Waals surface area contributed by atoms with Gasteiger partial charge in [0.05, 0.1) is 0 Å². The largest absolute Gasteiger partial charge is 0.481 e. The molecule has 2 amide bonds. The van der Waals surface area contributed by atoms with Crippen molar-refractivity contribution >= 4 is 11.8 Å². The molecule has 6 heteroatoms. The van der Waals surface area contributed by atoms with Gasteiger partial charge in [-0.05, 0) is 36.1 Å². The number of halogens is 1. The maximum absolute atomic E-state index is 14.1. The van der Waals surface area contributed by atoms with E-state index in [4.69, 9.17) is 4.74 Å². The Morgan fingerprint density at radius 1 is 0.914 bits per heavy atom. The Balaban J connectivity index is 1.90. The normalized spacial score (nSPS) is 11.7. The van der Waals surface area contributed by atoms with Crippen molar-refractivity contribution in [2.75, 3.05) is 13.2 Å². The van der Waals surface area contributed by atoms with Gasteiger partial charge in [-0.25, -0.2) is 4.39 Å². The average Bonchev–Trinajstić information content (AvgIpc) is 2.85. The summed E-state index contributed by atoms with van der Waals surface area (Å²) in [6, 6.07) is 22.6. The number of amides is 2. The third kappa shape index (κ3) is 7.95. The van der Waals surface area contributed by atoms with Gasteiger partial charge in [0, 0.05) is 19.5 Å². The zero-order valence-corrected chi connectivity index (χ0v) is 20.5. The minimum atomic E-state index is -0.755. The lowest BCUT2D eigenvalue weighted by molar-refractivity contribution is -0.142. The van der Waals surface area contributed by atoms with Crippen molar-refractivity contribution in [3.63, 3.8) is 0 Å². The van der Waals surface area contributed by atoms with Crippen molar-refractivity contribution in [1.82, 2.24) is 10.2 Å². The van der Waals surface area contributed by atoms with Crippen LogP contribution < -0.4 is 10.1 Å². The van der Waals surface area contributed by atoms with E-state index in [-0.39, 0.29) is 30.7 Å². The standard InChI is InChI=1S/C29H33FN2O3/c1-21(2)18-31-29(34)26(17-23-9-5-4-6-10-23)32(19-24-15-13-22(3)14-16-24)28(33)20-35-27-12-8-7-11-25(27)30/h4-16,21,26H,17-20H2,1-3H3,(H,31,34). The van der Waals surface area contributed by atoms with Crippen LogP contribution in [-0.4, -0.2) is 35.9 Å². The van der Waals surface area contributed by atoms with E-state index in [9.17, 15) is 14.0 Å². The number of nitrogens with one attached hydrogen (secondary N) is 1. The van der Waals surface area contributed by atoms with Crippen LogP contribution in [0.5, 0.6) is 5.75 Å². The van der Waals surface area contributed by atoms with Crippen LogP contribution in [0.2, 0.25) is 0 Å². The third-order valence-electron chi connectivity index (χ3n) is 5.62. The van der Waals surface area contributed by atoms with Crippen LogP contribution in [0, 0.1) is 18.7 Å². The van der Waals surface area contributed by atoms with Crippen molar-refractivity contribution in [2.45, 2.75) is 39.8 Å². The zero-order valence-electron chi connectivity index (χ0n) is 20.5. The van der Waals surface area contributed by atoms with Crippen molar-refractivity contribution in [2.24, 2.45) is 5.92 Å². The molecule has 0 bridgehead atoms. The summed E-state index contributed by atoms with van der Waals surface area (Å²) in [5.74, 6) is -0.897. The maximum Gasteiger partial charge on any atom is 0.261 e. The van der Waals surface area contributed by atoms with Crippen LogP contribution in [-0.2, 0) is 22.6 Å². The molecule has 0 aliphatic heterocycles. The highest BCUT2D eigenvalue weighted by atomic mass is 19.1. The van der Waals surface area contributed by atoms with Crippen molar-refractivity contribution < 1.29 is 18.7 Å². The van der Waals surface area contributed by atoms with Gasteiger partial charge in [0.25, 0.3) is 5.91 Å². The van der Waals surface area contributed by atoms with Gasteiger partial charge in [-0.2, -0.15) is 0 Å². The molecule has 1 atom stereocenters. The van der Waals surface area contributed by atoms with Gasteiger partial charge >= 0.3 is 0 Å². The molecule has 35 heavy (non-hydrogen) atoms. The molecule has 0 aliphatic rings. The van der Waals surface area contributed by atoms with Crippen LogP contribution in [0.25, 0.3) is 0 Å². The van der Waals surface area contributed by atoms with Crippen LogP contribution in [0.4, 0.5) is 4.39 Å². The van der Waals surface area contributed by atoms with Crippen LogP contribution in [0.3, 0.4) is 0 Å². The first-order chi connectivity index (χ1) is 16.8. The first-order valence-corrected chi connectivity index (χ1v) is 11.9. The predicted molar refractivity (Wildman–Crippen MR) is 135 cm³/mol. The van der Waals surface area contributed by atoms with E-state index < -0.39 is 17.8 Å². The number of nitrogens with zero attached hydrogens (tertiary/aromatic N) is 1. The fourth-order valence-electron chi connectivity index (χ4n) is 3.65. The number of hydrogen-bond acceptors (Lipinski definition) is 3. The second-order valence-corrected chi connectivity index (χ2v) is 9.07. The summed E-state index contributed by atoms with van der Waals surface area (Å²) in [6.07, 6.45) is 0.349. The lowest BCUT2D eigenvalue weighted by atomic mass is 10.0. The Morgan fingerprint density at radius 3 is 2.23 bits per heavy atom. The van der Waals surface area contributed by atoms with Crippen LogP contribution in [0.15, 0.2) is 78.9 Å². The second-order valence-electron chi connectivity index (χ2n) is 9.07. The first-order valence-electron chi connectivity index (χ1n) is 11.9. The summed E-state index contributed by atoms with van der Waals surface area (Å²) in [7, 11) is 0. The van der Waals surface area contributed by atoms with Crippen molar-refractivity contribution in [1.29, 1.82) is 0 Å². The average molecular weight is 477 g/mol. The topological polar surface area (TPSA) is 58.6 Å². The van der Waals surface area contributed by atoms with Gasteiger partial charge in [0.1, 0.15) is 6.04 Å². The minimum Gasteiger partial charge on any atom is -0.481 e. The number of ether oxygens (including phenoxy) is 1. The number of carbonyl (C=O) groups excluding carboxylic acids is 2. The minimum absolute atomic E-state index is 0.00000425. The van der Waals surface area contributed by atoms with E-state index in [0.717, 1.165) is 16.7 Å². The summed E-state index contributed by atoms with van der Waals surface area (Å²) in [4.78, 5) is 28.4. The molecule has 3 aromatic rings.